The number of rotatable bonds is 4. The van der Waals surface area contributed by atoms with Crippen LogP contribution in [-0.2, 0) is 27.5 Å². The van der Waals surface area contributed by atoms with Gasteiger partial charge in [0.15, 0.2) is 5.82 Å². The number of hydrogen-bond donors (Lipinski definition) is 0. The lowest BCUT2D eigenvalue weighted by Crippen LogP contribution is -2.47. The maximum Gasteiger partial charge on any atom is 0.350 e. The van der Waals surface area contributed by atoms with Crippen molar-refractivity contribution in [1.82, 2.24) is 14.3 Å². The van der Waals surface area contributed by atoms with Gasteiger partial charge in [0.1, 0.15) is 5.75 Å². The van der Waals surface area contributed by atoms with Crippen LogP contribution in [0, 0.1) is 0 Å². The summed E-state index contributed by atoms with van der Waals surface area (Å²) in [5.74, 6) is 1.10. The van der Waals surface area contributed by atoms with E-state index < -0.39 is 5.60 Å². The Balaban J connectivity index is 2.28. The van der Waals surface area contributed by atoms with Gasteiger partial charge in [0.25, 0.3) is 0 Å². The lowest BCUT2D eigenvalue weighted by molar-refractivity contribution is -0.0745. The van der Waals surface area contributed by atoms with E-state index in [0.717, 1.165) is 5.56 Å². The highest BCUT2D eigenvalue weighted by Crippen LogP contribution is 2.39. The number of aryl methyl sites for hydroxylation is 1. The lowest BCUT2D eigenvalue weighted by atomic mass is 9.86. The van der Waals surface area contributed by atoms with Crippen molar-refractivity contribution in [1.29, 1.82) is 0 Å². The highest BCUT2D eigenvalue weighted by Gasteiger charge is 2.45. The van der Waals surface area contributed by atoms with Crippen molar-refractivity contribution in [3.63, 3.8) is 0 Å². The Morgan fingerprint density at radius 1 is 1.20 bits per heavy atom. The molecule has 25 heavy (non-hydrogen) atoms. The van der Waals surface area contributed by atoms with E-state index in [1.54, 1.807) is 25.8 Å². The molecular weight excluding hydrogens is 322 g/mol. The fraction of sp³-hybridized carbons (Fsp3) is 0.556. The van der Waals surface area contributed by atoms with E-state index in [1.165, 1.54) is 4.68 Å². The smallest absolute Gasteiger partial charge is 0.350 e. The molecule has 0 spiro atoms. The average molecular weight is 347 g/mol. The van der Waals surface area contributed by atoms with Gasteiger partial charge in [-0.3, -0.25) is 0 Å². The Kier molecular flexibility index (Phi) is 4.25. The summed E-state index contributed by atoms with van der Waals surface area (Å²) in [5.41, 5.74) is 0.572. The number of aromatic nitrogens is 3. The summed E-state index contributed by atoms with van der Waals surface area (Å²) in [4.78, 5) is 12.8. The molecule has 7 heteroatoms. The first-order chi connectivity index (χ1) is 11.7. The Hall–Kier alpha value is -2.12. The molecule has 1 aliphatic rings. The maximum atomic E-state index is 12.8. The Morgan fingerprint density at radius 3 is 2.40 bits per heavy atom. The van der Waals surface area contributed by atoms with Gasteiger partial charge in [0.2, 0.25) is 5.60 Å². The van der Waals surface area contributed by atoms with Gasteiger partial charge in [-0.25, -0.2) is 14.0 Å². The van der Waals surface area contributed by atoms with Crippen LogP contribution < -0.4 is 10.4 Å². The minimum atomic E-state index is -0.972. The largest absolute Gasteiger partial charge is 0.472 e. The van der Waals surface area contributed by atoms with Crippen molar-refractivity contribution in [3.05, 3.63) is 40.1 Å². The molecule has 0 radical (unpaired) electrons. The first-order valence-electron chi connectivity index (χ1n) is 8.22. The van der Waals surface area contributed by atoms with Crippen LogP contribution in [0.5, 0.6) is 5.75 Å². The summed E-state index contributed by atoms with van der Waals surface area (Å²) in [6.45, 7) is 6.83. The van der Waals surface area contributed by atoms with E-state index in [0.29, 0.717) is 17.3 Å². The van der Waals surface area contributed by atoms with Crippen molar-refractivity contribution in [2.45, 2.75) is 31.8 Å². The van der Waals surface area contributed by atoms with Crippen LogP contribution in [-0.4, -0.2) is 41.8 Å². The zero-order valence-electron chi connectivity index (χ0n) is 15.6. The molecule has 0 unspecified atom stereocenters. The standard InChI is InChI=1S/C18H25N3O4/c1-17(2,3)12-7-8-14-13(9-12)21-15(19-20(4)16(21)22)18(25-14,10-23-5)11-24-6/h7-9H,10-11H2,1-6H3. The van der Waals surface area contributed by atoms with Gasteiger partial charge < -0.3 is 14.2 Å². The SMILES string of the molecule is COCC1(COC)Oc2ccc(C(C)(C)C)cc2-n2c1nn(C)c2=O. The second kappa shape index (κ2) is 6.00. The van der Waals surface area contributed by atoms with Gasteiger partial charge in [0.05, 0.1) is 18.9 Å². The molecular formula is C18H25N3O4. The molecule has 3 rings (SSSR count). The monoisotopic (exact) mass is 347 g/mol. The van der Waals surface area contributed by atoms with Crippen LogP contribution in [0.4, 0.5) is 0 Å². The molecule has 0 aliphatic carbocycles. The summed E-state index contributed by atoms with van der Waals surface area (Å²) >= 11 is 0. The molecule has 0 N–H and O–H groups in total. The molecule has 1 aromatic carbocycles. The highest BCUT2D eigenvalue weighted by molar-refractivity contribution is 5.53. The van der Waals surface area contributed by atoms with Crippen LogP contribution in [0.15, 0.2) is 23.0 Å². The Labute approximate surface area is 147 Å². The topological polar surface area (TPSA) is 67.5 Å². The fourth-order valence-corrected chi connectivity index (χ4v) is 3.17. The molecule has 0 amide bonds. The summed E-state index contributed by atoms with van der Waals surface area (Å²) in [6, 6.07) is 5.92. The van der Waals surface area contributed by atoms with Crippen LogP contribution in [0.25, 0.3) is 5.69 Å². The molecule has 1 aromatic heterocycles. The van der Waals surface area contributed by atoms with Crippen LogP contribution in [0.2, 0.25) is 0 Å². The molecule has 0 saturated carbocycles. The first kappa shape index (κ1) is 17.7. The first-order valence-corrected chi connectivity index (χ1v) is 8.22. The van der Waals surface area contributed by atoms with Crippen LogP contribution >= 0.6 is 0 Å². The zero-order chi connectivity index (χ0) is 18.4. The number of fused-ring (bicyclic) bond motifs is 3. The molecule has 0 fully saturated rings. The molecule has 0 saturated heterocycles. The van der Waals surface area contributed by atoms with Gasteiger partial charge in [-0.1, -0.05) is 26.8 Å². The van der Waals surface area contributed by atoms with E-state index in [1.807, 2.05) is 18.2 Å². The maximum absolute atomic E-state index is 12.8. The molecule has 2 heterocycles. The molecule has 7 nitrogen and oxygen atoms in total. The molecule has 0 atom stereocenters. The predicted octanol–water partition coefficient (Wildman–Crippen LogP) is 1.75. The van der Waals surface area contributed by atoms with E-state index in [4.69, 9.17) is 14.2 Å². The third kappa shape index (κ3) is 2.77. The molecule has 1 aliphatic heterocycles. The van der Waals surface area contributed by atoms with E-state index in [9.17, 15) is 4.79 Å². The van der Waals surface area contributed by atoms with Gasteiger partial charge in [-0.05, 0) is 23.1 Å². The summed E-state index contributed by atoms with van der Waals surface area (Å²) in [5, 5.41) is 4.41. The van der Waals surface area contributed by atoms with Crippen molar-refractivity contribution >= 4 is 0 Å². The third-order valence-corrected chi connectivity index (χ3v) is 4.46. The number of methoxy groups -OCH3 is 2. The Morgan fingerprint density at radius 2 is 1.84 bits per heavy atom. The van der Waals surface area contributed by atoms with Crippen LogP contribution in [0.1, 0.15) is 32.2 Å². The summed E-state index contributed by atoms with van der Waals surface area (Å²) in [6.07, 6.45) is 0. The van der Waals surface area contributed by atoms with E-state index in [-0.39, 0.29) is 24.3 Å². The van der Waals surface area contributed by atoms with Crippen molar-refractivity contribution in [3.8, 4) is 11.4 Å². The minimum Gasteiger partial charge on any atom is -0.472 e. The number of nitrogens with zero attached hydrogens (tertiary/aromatic N) is 3. The van der Waals surface area contributed by atoms with Crippen molar-refractivity contribution in [2.75, 3.05) is 27.4 Å². The number of ether oxygens (including phenoxy) is 3. The zero-order valence-corrected chi connectivity index (χ0v) is 15.6. The second-order valence-corrected chi connectivity index (χ2v) is 7.46. The van der Waals surface area contributed by atoms with Gasteiger partial charge in [-0.2, -0.15) is 5.10 Å². The summed E-state index contributed by atoms with van der Waals surface area (Å²) < 4.78 is 19.9. The van der Waals surface area contributed by atoms with Gasteiger partial charge in [0, 0.05) is 21.3 Å². The third-order valence-electron chi connectivity index (χ3n) is 4.46. The number of hydrogen-bond acceptors (Lipinski definition) is 5. The normalized spacial score (nSPS) is 15.4. The highest BCUT2D eigenvalue weighted by atomic mass is 16.6. The average Bonchev–Trinajstić information content (AvgIpc) is 2.84. The molecule has 0 bridgehead atoms. The predicted molar refractivity (Wildman–Crippen MR) is 93.6 cm³/mol. The minimum absolute atomic E-state index is 0.0470. The fourth-order valence-electron chi connectivity index (χ4n) is 3.17. The van der Waals surface area contributed by atoms with Crippen molar-refractivity contribution < 1.29 is 14.2 Å². The second-order valence-electron chi connectivity index (χ2n) is 7.46. The molecule has 2 aromatic rings. The Bertz CT molecular complexity index is 839. The summed E-state index contributed by atoms with van der Waals surface area (Å²) in [7, 11) is 4.81. The van der Waals surface area contributed by atoms with Gasteiger partial charge in [-0.15, -0.1) is 0 Å². The van der Waals surface area contributed by atoms with E-state index >= 15 is 0 Å². The van der Waals surface area contributed by atoms with Crippen LogP contribution in [0.3, 0.4) is 0 Å². The van der Waals surface area contributed by atoms with E-state index in [2.05, 4.69) is 25.9 Å². The van der Waals surface area contributed by atoms with Crippen molar-refractivity contribution in [2.24, 2.45) is 7.05 Å². The van der Waals surface area contributed by atoms with Gasteiger partial charge >= 0.3 is 5.69 Å². The molecule has 136 valence electrons. The lowest BCUT2D eigenvalue weighted by Gasteiger charge is -2.37. The number of benzene rings is 1. The quantitative estimate of drug-likeness (QED) is 0.843.